The molecule has 2 amide bonds. The lowest BCUT2D eigenvalue weighted by Gasteiger charge is -2.21. The molecule has 0 aliphatic carbocycles. The van der Waals surface area contributed by atoms with E-state index in [1.165, 1.54) is 4.90 Å². The van der Waals surface area contributed by atoms with Gasteiger partial charge in [0.05, 0.1) is 5.41 Å². The van der Waals surface area contributed by atoms with Gasteiger partial charge < -0.3 is 5.32 Å². The molecule has 86 valence electrons. The van der Waals surface area contributed by atoms with Crippen LogP contribution >= 0.6 is 0 Å². The maximum absolute atomic E-state index is 11.9. The van der Waals surface area contributed by atoms with Crippen molar-refractivity contribution >= 4 is 11.8 Å². The van der Waals surface area contributed by atoms with Crippen LogP contribution in [0.5, 0.6) is 0 Å². The van der Waals surface area contributed by atoms with Crippen molar-refractivity contribution in [1.29, 1.82) is 0 Å². The molecular weight excluding hydrogens is 192 g/mol. The van der Waals surface area contributed by atoms with Crippen molar-refractivity contribution in [2.45, 2.75) is 40.2 Å². The van der Waals surface area contributed by atoms with E-state index >= 15 is 0 Å². The lowest BCUT2D eigenvalue weighted by molar-refractivity contribution is -0.141. The Morgan fingerprint density at radius 2 is 2.07 bits per heavy atom. The molecule has 1 aliphatic rings. The Bertz CT molecular complexity index is 274. The van der Waals surface area contributed by atoms with E-state index in [1.807, 2.05) is 27.7 Å². The molecule has 1 aliphatic heterocycles. The summed E-state index contributed by atoms with van der Waals surface area (Å²) in [4.78, 5) is 24.9. The molecule has 0 saturated carbocycles. The summed E-state index contributed by atoms with van der Waals surface area (Å²) >= 11 is 0. The Balaban J connectivity index is 2.63. The standard InChI is InChI=1S/C11H20N2O2/c1-5-12-8(2)7-13-9(14)6-11(3,4)10(13)15/h8,12H,5-7H2,1-4H3. The van der Waals surface area contributed by atoms with Crippen LogP contribution in [-0.2, 0) is 9.59 Å². The Morgan fingerprint density at radius 1 is 1.47 bits per heavy atom. The van der Waals surface area contributed by atoms with Gasteiger partial charge in [0.25, 0.3) is 0 Å². The van der Waals surface area contributed by atoms with Crippen LogP contribution in [-0.4, -0.2) is 35.8 Å². The molecule has 1 N–H and O–H groups in total. The summed E-state index contributed by atoms with van der Waals surface area (Å²) in [6.45, 7) is 8.97. The van der Waals surface area contributed by atoms with Crippen molar-refractivity contribution in [3.63, 3.8) is 0 Å². The van der Waals surface area contributed by atoms with Gasteiger partial charge in [0.15, 0.2) is 0 Å². The molecule has 1 unspecified atom stereocenters. The molecule has 0 aromatic carbocycles. The van der Waals surface area contributed by atoms with E-state index in [9.17, 15) is 9.59 Å². The molecule has 1 rings (SSSR count). The summed E-state index contributed by atoms with van der Waals surface area (Å²) < 4.78 is 0. The summed E-state index contributed by atoms with van der Waals surface area (Å²) in [5, 5.41) is 3.19. The van der Waals surface area contributed by atoms with Crippen molar-refractivity contribution in [3.05, 3.63) is 0 Å². The number of hydrogen-bond acceptors (Lipinski definition) is 3. The number of rotatable bonds is 4. The van der Waals surface area contributed by atoms with Crippen LogP contribution in [0, 0.1) is 5.41 Å². The topological polar surface area (TPSA) is 49.4 Å². The third-order valence-corrected chi connectivity index (χ3v) is 2.73. The number of likely N-dealkylation sites (N-methyl/N-ethyl adjacent to an activating group) is 1. The van der Waals surface area contributed by atoms with Gasteiger partial charge in [0, 0.05) is 19.0 Å². The Morgan fingerprint density at radius 3 is 2.47 bits per heavy atom. The number of likely N-dealkylation sites (tertiary alicyclic amines) is 1. The quantitative estimate of drug-likeness (QED) is 0.700. The fraction of sp³-hybridized carbons (Fsp3) is 0.818. The summed E-state index contributed by atoms with van der Waals surface area (Å²) in [6, 6.07) is 0.164. The minimum Gasteiger partial charge on any atom is -0.313 e. The molecule has 0 aromatic heterocycles. The fourth-order valence-electron chi connectivity index (χ4n) is 1.90. The predicted molar refractivity (Wildman–Crippen MR) is 58.3 cm³/mol. The fourth-order valence-corrected chi connectivity index (χ4v) is 1.90. The van der Waals surface area contributed by atoms with Gasteiger partial charge in [0.2, 0.25) is 11.8 Å². The zero-order valence-electron chi connectivity index (χ0n) is 9.96. The number of amides is 2. The van der Waals surface area contributed by atoms with Crippen LogP contribution in [0.3, 0.4) is 0 Å². The first-order valence-electron chi connectivity index (χ1n) is 5.46. The second kappa shape index (κ2) is 4.31. The van der Waals surface area contributed by atoms with Crippen LogP contribution in [0.15, 0.2) is 0 Å². The average molecular weight is 212 g/mol. The normalized spacial score (nSPS) is 22.3. The molecule has 1 heterocycles. The van der Waals surface area contributed by atoms with Gasteiger partial charge in [-0.3, -0.25) is 14.5 Å². The lowest BCUT2D eigenvalue weighted by atomic mass is 9.92. The molecule has 1 fully saturated rings. The van der Waals surface area contributed by atoms with E-state index in [-0.39, 0.29) is 17.9 Å². The number of imide groups is 1. The maximum atomic E-state index is 11.9. The van der Waals surface area contributed by atoms with E-state index in [0.29, 0.717) is 13.0 Å². The molecule has 0 spiro atoms. The molecule has 4 nitrogen and oxygen atoms in total. The van der Waals surface area contributed by atoms with Crippen LogP contribution in [0.1, 0.15) is 34.1 Å². The number of nitrogens with zero attached hydrogens (tertiary/aromatic N) is 1. The minimum atomic E-state index is -0.511. The summed E-state index contributed by atoms with van der Waals surface area (Å²) in [6.07, 6.45) is 0.338. The van der Waals surface area contributed by atoms with Gasteiger partial charge >= 0.3 is 0 Å². The zero-order chi connectivity index (χ0) is 11.6. The Labute approximate surface area is 91.0 Å². The third kappa shape index (κ3) is 2.56. The van der Waals surface area contributed by atoms with Gasteiger partial charge in [-0.1, -0.05) is 20.8 Å². The van der Waals surface area contributed by atoms with Crippen molar-refractivity contribution in [1.82, 2.24) is 10.2 Å². The number of hydrogen-bond donors (Lipinski definition) is 1. The molecule has 1 atom stereocenters. The second-order valence-corrected chi connectivity index (χ2v) is 4.83. The minimum absolute atomic E-state index is 0.0442. The largest absolute Gasteiger partial charge is 0.313 e. The van der Waals surface area contributed by atoms with Crippen LogP contribution in [0.4, 0.5) is 0 Å². The van der Waals surface area contributed by atoms with Crippen molar-refractivity contribution in [3.8, 4) is 0 Å². The maximum Gasteiger partial charge on any atom is 0.235 e. The molecular formula is C11H20N2O2. The van der Waals surface area contributed by atoms with Gasteiger partial charge in [0.1, 0.15) is 0 Å². The molecule has 0 aromatic rings. The van der Waals surface area contributed by atoms with Crippen molar-refractivity contribution < 1.29 is 9.59 Å². The Hall–Kier alpha value is -0.900. The molecule has 4 heteroatoms. The summed E-state index contributed by atoms with van der Waals surface area (Å²) in [5.74, 6) is -0.0907. The van der Waals surface area contributed by atoms with E-state index < -0.39 is 5.41 Å². The smallest absolute Gasteiger partial charge is 0.235 e. The number of nitrogens with one attached hydrogen (secondary N) is 1. The first-order chi connectivity index (χ1) is 6.88. The first-order valence-corrected chi connectivity index (χ1v) is 5.46. The van der Waals surface area contributed by atoms with Gasteiger partial charge in [-0.25, -0.2) is 0 Å². The highest BCUT2D eigenvalue weighted by Gasteiger charge is 2.44. The molecule has 1 saturated heterocycles. The predicted octanol–water partition coefficient (Wildman–Crippen LogP) is 0.769. The number of carbonyl (C=O) groups excluding carboxylic acids is 2. The van der Waals surface area contributed by atoms with Gasteiger partial charge in [-0.15, -0.1) is 0 Å². The van der Waals surface area contributed by atoms with Crippen molar-refractivity contribution in [2.24, 2.45) is 5.41 Å². The Kier molecular flexibility index (Phi) is 3.50. The van der Waals surface area contributed by atoms with E-state index in [4.69, 9.17) is 0 Å². The zero-order valence-corrected chi connectivity index (χ0v) is 9.96. The summed E-state index contributed by atoms with van der Waals surface area (Å²) in [5.41, 5.74) is -0.511. The number of carbonyl (C=O) groups is 2. The van der Waals surface area contributed by atoms with E-state index in [1.54, 1.807) is 0 Å². The highest BCUT2D eigenvalue weighted by atomic mass is 16.2. The van der Waals surface area contributed by atoms with E-state index in [0.717, 1.165) is 6.54 Å². The van der Waals surface area contributed by atoms with Crippen molar-refractivity contribution in [2.75, 3.05) is 13.1 Å². The summed E-state index contributed by atoms with van der Waals surface area (Å²) in [7, 11) is 0. The van der Waals surface area contributed by atoms with Crippen LogP contribution in [0.25, 0.3) is 0 Å². The molecule has 0 bridgehead atoms. The highest BCUT2D eigenvalue weighted by Crippen LogP contribution is 2.31. The lowest BCUT2D eigenvalue weighted by Crippen LogP contribution is -2.43. The highest BCUT2D eigenvalue weighted by molar-refractivity contribution is 6.05. The first kappa shape index (κ1) is 12.2. The van der Waals surface area contributed by atoms with Crippen LogP contribution in [0.2, 0.25) is 0 Å². The average Bonchev–Trinajstić information content (AvgIpc) is 2.28. The SMILES string of the molecule is CCNC(C)CN1C(=O)CC(C)(C)C1=O. The van der Waals surface area contributed by atoms with Crippen LogP contribution < -0.4 is 5.32 Å². The molecule has 15 heavy (non-hydrogen) atoms. The monoisotopic (exact) mass is 212 g/mol. The molecule has 0 radical (unpaired) electrons. The van der Waals surface area contributed by atoms with Gasteiger partial charge in [-0.2, -0.15) is 0 Å². The third-order valence-electron chi connectivity index (χ3n) is 2.73. The van der Waals surface area contributed by atoms with Gasteiger partial charge in [-0.05, 0) is 13.5 Å². The van der Waals surface area contributed by atoms with E-state index in [2.05, 4.69) is 5.32 Å². The second-order valence-electron chi connectivity index (χ2n) is 4.83.